The van der Waals surface area contributed by atoms with E-state index in [-0.39, 0.29) is 13.0 Å². The summed E-state index contributed by atoms with van der Waals surface area (Å²) in [6.07, 6.45) is 0.422. The van der Waals surface area contributed by atoms with Crippen LogP contribution in [0.4, 0.5) is 13.2 Å². The van der Waals surface area contributed by atoms with Crippen LogP contribution in [0, 0.1) is 11.8 Å². The molecule has 0 saturated carbocycles. The van der Waals surface area contributed by atoms with Crippen LogP contribution in [0.15, 0.2) is 0 Å². The molecule has 0 bridgehead atoms. The van der Waals surface area contributed by atoms with Crippen LogP contribution < -0.4 is 5.32 Å². The average Bonchev–Trinajstić information content (AvgIpc) is 2.87. The van der Waals surface area contributed by atoms with Gasteiger partial charge in [-0.2, -0.15) is 13.2 Å². The first-order valence-corrected chi connectivity index (χ1v) is 7.72. The normalized spacial score (nSPS) is 24.0. The molecule has 1 aromatic rings. The van der Waals surface area contributed by atoms with E-state index in [1.165, 1.54) is 0 Å². The summed E-state index contributed by atoms with van der Waals surface area (Å²) in [5.41, 5.74) is 0. The molecular weight excluding hydrogens is 281 g/mol. The number of aryl methyl sites for hydroxylation is 2. The van der Waals surface area contributed by atoms with Crippen molar-refractivity contribution in [3.8, 4) is 0 Å². The number of hydrogen-bond donors (Lipinski definition) is 1. The second-order valence-corrected chi connectivity index (χ2v) is 6.15. The lowest BCUT2D eigenvalue weighted by molar-refractivity contribution is -0.182. The molecule has 3 heterocycles. The van der Waals surface area contributed by atoms with Crippen molar-refractivity contribution in [1.82, 2.24) is 20.1 Å². The van der Waals surface area contributed by atoms with Gasteiger partial charge in [0.25, 0.3) is 0 Å². The summed E-state index contributed by atoms with van der Waals surface area (Å²) in [7, 11) is 0. The van der Waals surface area contributed by atoms with Crippen molar-refractivity contribution in [1.29, 1.82) is 0 Å². The number of aromatic nitrogens is 3. The van der Waals surface area contributed by atoms with Crippen molar-refractivity contribution in [2.75, 3.05) is 13.1 Å². The minimum absolute atomic E-state index is 0.00656. The summed E-state index contributed by atoms with van der Waals surface area (Å²) < 4.78 is 40.4. The van der Waals surface area contributed by atoms with Crippen LogP contribution in [0.3, 0.4) is 0 Å². The first-order valence-electron chi connectivity index (χ1n) is 7.72. The van der Waals surface area contributed by atoms with Gasteiger partial charge in [0, 0.05) is 19.4 Å². The summed E-state index contributed by atoms with van der Waals surface area (Å²) in [5.74, 6) is 0.855. The van der Waals surface area contributed by atoms with Crippen molar-refractivity contribution >= 4 is 0 Å². The van der Waals surface area contributed by atoms with Crippen LogP contribution in [0.2, 0.25) is 0 Å². The van der Waals surface area contributed by atoms with Crippen LogP contribution in [0.25, 0.3) is 0 Å². The molecule has 0 radical (unpaired) electrons. The molecule has 2 aliphatic heterocycles. The molecule has 0 spiro atoms. The lowest BCUT2D eigenvalue weighted by Gasteiger charge is -2.26. The second kappa shape index (κ2) is 5.94. The van der Waals surface area contributed by atoms with E-state index in [9.17, 15) is 13.2 Å². The van der Waals surface area contributed by atoms with E-state index in [0.717, 1.165) is 50.4 Å². The Morgan fingerprint density at radius 2 is 1.90 bits per heavy atom. The van der Waals surface area contributed by atoms with Gasteiger partial charge in [-0.25, -0.2) is 0 Å². The molecule has 1 unspecified atom stereocenters. The second-order valence-electron chi connectivity index (χ2n) is 6.15. The molecule has 1 aromatic heterocycles. The highest BCUT2D eigenvalue weighted by molar-refractivity contribution is 5.01. The molecule has 1 fully saturated rings. The number of nitrogens with one attached hydrogen (secondary N) is 1. The lowest BCUT2D eigenvalue weighted by atomic mass is 9.93. The van der Waals surface area contributed by atoms with E-state index in [0.29, 0.717) is 12.3 Å². The van der Waals surface area contributed by atoms with E-state index >= 15 is 0 Å². The largest absolute Gasteiger partial charge is 0.393 e. The average molecular weight is 302 g/mol. The maximum absolute atomic E-state index is 12.9. The number of halogens is 3. The Balaban J connectivity index is 1.64. The zero-order valence-electron chi connectivity index (χ0n) is 12.0. The molecule has 1 saturated heterocycles. The maximum Gasteiger partial charge on any atom is 0.393 e. The molecule has 118 valence electrons. The van der Waals surface area contributed by atoms with Crippen LogP contribution >= 0.6 is 0 Å². The summed E-state index contributed by atoms with van der Waals surface area (Å²) in [5, 5.41) is 11.5. The van der Waals surface area contributed by atoms with Crippen LogP contribution in [0.1, 0.15) is 37.3 Å². The standard InChI is InChI=1S/C14H21F3N4/c15-14(16,17)11-2-4-13-20-19-12(21(13)9-11)3-1-10-5-7-18-8-6-10/h10-11,18H,1-9H2. The molecule has 3 rings (SSSR count). The van der Waals surface area contributed by atoms with E-state index < -0.39 is 12.1 Å². The van der Waals surface area contributed by atoms with Gasteiger partial charge in [0.05, 0.1) is 5.92 Å². The van der Waals surface area contributed by atoms with Gasteiger partial charge in [-0.05, 0) is 44.7 Å². The van der Waals surface area contributed by atoms with Gasteiger partial charge in [0.1, 0.15) is 11.6 Å². The molecule has 2 aliphatic rings. The summed E-state index contributed by atoms with van der Waals surface area (Å²) in [6.45, 7) is 2.07. The Morgan fingerprint density at radius 3 is 2.62 bits per heavy atom. The first-order chi connectivity index (χ1) is 10.0. The number of fused-ring (bicyclic) bond motifs is 1. The van der Waals surface area contributed by atoms with Gasteiger partial charge in [0.15, 0.2) is 0 Å². The smallest absolute Gasteiger partial charge is 0.317 e. The van der Waals surface area contributed by atoms with Crippen molar-refractivity contribution in [3.05, 3.63) is 11.6 Å². The monoisotopic (exact) mass is 302 g/mol. The van der Waals surface area contributed by atoms with Gasteiger partial charge < -0.3 is 9.88 Å². The van der Waals surface area contributed by atoms with Crippen molar-refractivity contribution in [2.24, 2.45) is 11.8 Å². The van der Waals surface area contributed by atoms with Crippen molar-refractivity contribution in [3.63, 3.8) is 0 Å². The third kappa shape index (κ3) is 3.39. The molecule has 0 aromatic carbocycles. The maximum atomic E-state index is 12.9. The van der Waals surface area contributed by atoms with E-state index in [1.54, 1.807) is 4.57 Å². The molecule has 1 atom stereocenters. The third-order valence-electron chi connectivity index (χ3n) is 4.72. The Labute approximate surface area is 122 Å². The highest BCUT2D eigenvalue weighted by atomic mass is 19.4. The van der Waals surface area contributed by atoms with Crippen molar-refractivity contribution in [2.45, 2.75) is 51.2 Å². The third-order valence-corrected chi connectivity index (χ3v) is 4.72. The molecule has 4 nitrogen and oxygen atoms in total. The molecule has 1 N–H and O–H groups in total. The van der Waals surface area contributed by atoms with E-state index in [2.05, 4.69) is 15.5 Å². The summed E-state index contributed by atoms with van der Waals surface area (Å²) >= 11 is 0. The molecule has 7 heteroatoms. The number of rotatable bonds is 3. The zero-order chi connectivity index (χ0) is 14.9. The Kier molecular flexibility index (Phi) is 4.19. The fourth-order valence-corrected chi connectivity index (χ4v) is 3.34. The topological polar surface area (TPSA) is 42.7 Å². The minimum atomic E-state index is -4.12. The van der Waals surface area contributed by atoms with Crippen LogP contribution in [-0.4, -0.2) is 34.0 Å². The Morgan fingerprint density at radius 1 is 1.14 bits per heavy atom. The molecule has 21 heavy (non-hydrogen) atoms. The number of piperidine rings is 1. The van der Waals surface area contributed by atoms with Crippen molar-refractivity contribution < 1.29 is 13.2 Å². The van der Waals surface area contributed by atoms with Gasteiger partial charge in [-0.1, -0.05) is 0 Å². The molecular formula is C14H21F3N4. The predicted molar refractivity (Wildman–Crippen MR) is 71.8 cm³/mol. The minimum Gasteiger partial charge on any atom is -0.317 e. The highest BCUT2D eigenvalue weighted by Crippen LogP contribution is 2.34. The highest BCUT2D eigenvalue weighted by Gasteiger charge is 2.42. The van der Waals surface area contributed by atoms with Gasteiger partial charge in [-0.3, -0.25) is 0 Å². The van der Waals surface area contributed by atoms with Gasteiger partial charge in [0.2, 0.25) is 0 Å². The SMILES string of the molecule is FC(F)(F)C1CCc2nnc(CCC3CCNCC3)n2C1. The fourth-order valence-electron chi connectivity index (χ4n) is 3.34. The predicted octanol–water partition coefficient (Wildman–Crippen LogP) is 2.33. The summed E-state index contributed by atoms with van der Waals surface area (Å²) in [4.78, 5) is 0. The zero-order valence-corrected chi connectivity index (χ0v) is 12.0. The first kappa shape index (κ1) is 14.8. The molecule has 0 aliphatic carbocycles. The lowest BCUT2D eigenvalue weighted by Crippen LogP contribution is -2.33. The van der Waals surface area contributed by atoms with Gasteiger partial charge >= 0.3 is 6.18 Å². The number of nitrogens with zero attached hydrogens (tertiary/aromatic N) is 3. The summed E-state index contributed by atoms with van der Waals surface area (Å²) in [6, 6.07) is 0. The Bertz CT molecular complexity index is 477. The van der Waals surface area contributed by atoms with Crippen LogP contribution in [0.5, 0.6) is 0 Å². The number of hydrogen-bond acceptors (Lipinski definition) is 3. The number of alkyl halides is 3. The Hall–Kier alpha value is -1.11. The van der Waals surface area contributed by atoms with E-state index in [4.69, 9.17) is 0 Å². The van der Waals surface area contributed by atoms with Crippen LogP contribution in [-0.2, 0) is 19.4 Å². The van der Waals surface area contributed by atoms with Gasteiger partial charge in [-0.15, -0.1) is 10.2 Å². The fraction of sp³-hybridized carbons (Fsp3) is 0.857. The van der Waals surface area contributed by atoms with E-state index in [1.807, 2.05) is 0 Å². The quantitative estimate of drug-likeness (QED) is 0.932. The molecule has 0 amide bonds.